The van der Waals surface area contributed by atoms with E-state index in [0.29, 0.717) is 12.1 Å². The highest BCUT2D eigenvalue weighted by atomic mass is 28.5. The van der Waals surface area contributed by atoms with Crippen LogP contribution in [0.3, 0.4) is 0 Å². The van der Waals surface area contributed by atoms with Crippen LogP contribution in [0.15, 0.2) is 60.7 Å². The first-order valence-corrected chi connectivity index (χ1v) is 15.4. The van der Waals surface area contributed by atoms with Gasteiger partial charge in [0.1, 0.15) is 0 Å². The van der Waals surface area contributed by atoms with E-state index in [0.717, 1.165) is 39.0 Å². The molecule has 0 amide bonds. The molecule has 2 aromatic rings. The van der Waals surface area contributed by atoms with Crippen LogP contribution in [0.25, 0.3) is 0 Å². The topological polar surface area (TPSA) is 70.2 Å². The quantitative estimate of drug-likeness (QED) is 0.242. The van der Waals surface area contributed by atoms with Crippen LogP contribution in [0, 0.1) is 0 Å². The number of nitrogens with one attached hydrogen (secondary N) is 2. The van der Waals surface area contributed by atoms with E-state index in [1.807, 2.05) is 12.1 Å². The van der Waals surface area contributed by atoms with Crippen molar-refractivity contribution in [3.05, 3.63) is 71.8 Å². The van der Waals surface area contributed by atoms with Crippen molar-refractivity contribution in [3.8, 4) is 0 Å². The molecule has 0 heterocycles. The monoisotopic (exact) mass is 492 g/mol. The summed E-state index contributed by atoms with van der Waals surface area (Å²) in [6, 6.07) is 22.1. The minimum atomic E-state index is -2.92. The average molecular weight is 493 g/mol. The van der Waals surface area contributed by atoms with Crippen LogP contribution in [-0.2, 0) is 34.9 Å². The van der Waals surface area contributed by atoms with Crippen LogP contribution in [-0.4, -0.2) is 59.1 Å². The van der Waals surface area contributed by atoms with E-state index in [4.69, 9.17) is 21.8 Å². The standard InChI is InChI=1S/C24H40N2O5Si2/c1-27-32(28-2,19-11-17-25-21-23-13-7-5-8-14-23)31-33(29-3,30-4)20-12-18-26-22-24-15-9-6-10-16-24/h5-10,13-16,25-26H,11-12,17-22H2,1-4H3. The fraction of sp³-hybridized carbons (Fsp3) is 0.500. The van der Waals surface area contributed by atoms with Gasteiger partial charge in [0.05, 0.1) is 0 Å². The molecule has 0 atom stereocenters. The average Bonchev–Trinajstić information content (AvgIpc) is 2.88. The molecule has 0 saturated carbocycles. The van der Waals surface area contributed by atoms with Gasteiger partial charge in [-0.3, -0.25) is 0 Å². The van der Waals surface area contributed by atoms with Crippen LogP contribution >= 0.6 is 0 Å². The van der Waals surface area contributed by atoms with Gasteiger partial charge in [-0.2, -0.15) is 0 Å². The van der Waals surface area contributed by atoms with Crippen LogP contribution in [0.5, 0.6) is 0 Å². The van der Waals surface area contributed by atoms with Gasteiger partial charge in [-0.1, -0.05) is 60.7 Å². The van der Waals surface area contributed by atoms with Crippen LogP contribution in [0.2, 0.25) is 12.1 Å². The summed E-state index contributed by atoms with van der Waals surface area (Å²) in [5, 5.41) is 6.94. The number of benzene rings is 2. The van der Waals surface area contributed by atoms with Crippen molar-refractivity contribution in [2.45, 2.75) is 38.0 Å². The molecule has 0 aliphatic rings. The second kappa shape index (κ2) is 15.5. The second-order valence-electron chi connectivity index (χ2n) is 7.82. The zero-order chi connectivity index (χ0) is 23.8. The Kier molecular flexibility index (Phi) is 13.1. The summed E-state index contributed by atoms with van der Waals surface area (Å²) < 4.78 is 29.8. The zero-order valence-corrected chi connectivity index (χ0v) is 22.5. The molecule has 0 fully saturated rings. The molecule has 2 aromatic carbocycles. The zero-order valence-electron chi connectivity index (χ0n) is 20.5. The maximum absolute atomic E-state index is 6.49. The first-order valence-electron chi connectivity index (χ1n) is 11.5. The van der Waals surface area contributed by atoms with E-state index in [1.54, 1.807) is 28.4 Å². The summed E-state index contributed by atoms with van der Waals surface area (Å²) in [5.41, 5.74) is 2.53. The van der Waals surface area contributed by atoms with E-state index >= 15 is 0 Å². The van der Waals surface area contributed by atoms with Gasteiger partial charge in [0.2, 0.25) is 0 Å². The lowest BCUT2D eigenvalue weighted by molar-refractivity contribution is 0.0859. The molecule has 0 radical (unpaired) electrons. The number of hydrogen-bond donors (Lipinski definition) is 2. The van der Waals surface area contributed by atoms with E-state index in [9.17, 15) is 0 Å². The van der Waals surface area contributed by atoms with E-state index < -0.39 is 17.6 Å². The van der Waals surface area contributed by atoms with E-state index in [1.165, 1.54) is 11.1 Å². The lowest BCUT2D eigenvalue weighted by Crippen LogP contribution is -2.57. The van der Waals surface area contributed by atoms with Crippen molar-refractivity contribution in [3.63, 3.8) is 0 Å². The molecule has 2 N–H and O–H groups in total. The minimum absolute atomic E-state index is 0.690. The molecular weight excluding hydrogens is 452 g/mol. The molecule has 0 aliphatic heterocycles. The molecule has 7 nitrogen and oxygen atoms in total. The summed E-state index contributed by atoms with van der Waals surface area (Å²) in [6.45, 7) is 3.36. The molecule has 0 aliphatic carbocycles. The fourth-order valence-corrected chi connectivity index (χ4v) is 10.0. The maximum atomic E-state index is 6.49. The Balaban J connectivity index is 1.80. The normalized spacial score (nSPS) is 12.2. The third kappa shape index (κ3) is 9.77. The van der Waals surface area contributed by atoms with Crippen molar-refractivity contribution in [1.29, 1.82) is 0 Å². The fourth-order valence-electron chi connectivity index (χ4n) is 3.60. The Hall–Kier alpha value is -1.41. The predicted octanol–water partition coefficient (Wildman–Crippen LogP) is 3.83. The second-order valence-corrected chi connectivity index (χ2v) is 14.0. The summed E-state index contributed by atoms with van der Waals surface area (Å²) in [6.07, 6.45) is 1.74. The third-order valence-corrected chi connectivity index (χ3v) is 12.5. The summed E-state index contributed by atoms with van der Waals surface area (Å²) >= 11 is 0. The van der Waals surface area contributed by atoms with Gasteiger partial charge in [-0.05, 0) is 37.1 Å². The molecule has 33 heavy (non-hydrogen) atoms. The lowest BCUT2D eigenvalue weighted by Gasteiger charge is -2.35. The van der Waals surface area contributed by atoms with Crippen molar-refractivity contribution in [2.75, 3.05) is 41.5 Å². The Morgan fingerprint density at radius 3 is 1.27 bits per heavy atom. The molecule has 0 aromatic heterocycles. The molecule has 0 bridgehead atoms. The van der Waals surface area contributed by atoms with Gasteiger partial charge in [0.25, 0.3) is 0 Å². The molecule has 0 spiro atoms. The highest BCUT2D eigenvalue weighted by molar-refractivity contribution is 6.74. The summed E-state index contributed by atoms with van der Waals surface area (Å²) in [7, 11) is 0.767. The Morgan fingerprint density at radius 2 is 0.939 bits per heavy atom. The Labute approximate surface area is 201 Å². The van der Waals surface area contributed by atoms with Gasteiger partial charge in [0, 0.05) is 53.6 Å². The van der Waals surface area contributed by atoms with Crippen molar-refractivity contribution in [1.82, 2.24) is 10.6 Å². The number of rotatable bonds is 18. The SMILES string of the molecule is CO[Si](CCCNCc1ccccc1)(OC)O[Si](CCCNCc1ccccc1)(OC)OC. The lowest BCUT2D eigenvalue weighted by atomic mass is 10.2. The highest BCUT2D eigenvalue weighted by Crippen LogP contribution is 2.26. The first kappa shape index (κ1) is 27.8. The van der Waals surface area contributed by atoms with Gasteiger partial charge in [-0.25, -0.2) is 0 Å². The maximum Gasteiger partial charge on any atom is 0.493 e. The van der Waals surface area contributed by atoms with Crippen molar-refractivity contribution in [2.24, 2.45) is 0 Å². The minimum Gasteiger partial charge on any atom is -0.377 e. The Bertz CT molecular complexity index is 684. The number of hydrogen-bond acceptors (Lipinski definition) is 7. The highest BCUT2D eigenvalue weighted by Gasteiger charge is 2.51. The first-order chi connectivity index (χ1) is 16.1. The predicted molar refractivity (Wildman–Crippen MR) is 136 cm³/mol. The van der Waals surface area contributed by atoms with Gasteiger partial charge in [-0.15, -0.1) is 0 Å². The molecule has 2 rings (SSSR count). The van der Waals surface area contributed by atoms with E-state index in [2.05, 4.69) is 59.2 Å². The van der Waals surface area contributed by atoms with Crippen molar-refractivity contribution < 1.29 is 21.8 Å². The van der Waals surface area contributed by atoms with Gasteiger partial charge < -0.3 is 32.5 Å². The largest absolute Gasteiger partial charge is 0.493 e. The van der Waals surface area contributed by atoms with Crippen LogP contribution in [0.1, 0.15) is 24.0 Å². The Morgan fingerprint density at radius 1 is 0.576 bits per heavy atom. The smallest absolute Gasteiger partial charge is 0.377 e. The van der Waals surface area contributed by atoms with Crippen LogP contribution in [0.4, 0.5) is 0 Å². The summed E-state index contributed by atoms with van der Waals surface area (Å²) in [4.78, 5) is 0. The van der Waals surface area contributed by atoms with Crippen molar-refractivity contribution >= 4 is 17.6 Å². The van der Waals surface area contributed by atoms with Gasteiger partial charge in [0.15, 0.2) is 0 Å². The van der Waals surface area contributed by atoms with Gasteiger partial charge >= 0.3 is 17.6 Å². The van der Waals surface area contributed by atoms with E-state index in [-0.39, 0.29) is 0 Å². The molecular formula is C24H40N2O5Si2. The molecule has 184 valence electrons. The molecule has 9 heteroatoms. The summed E-state index contributed by atoms with van der Waals surface area (Å²) in [5.74, 6) is 0. The molecule has 0 saturated heterocycles. The molecule has 0 unspecified atom stereocenters. The van der Waals surface area contributed by atoms with Crippen LogP contribution < -0.4 is 10.6 Å². The third-order valence-electron chi connectivity index (χ3n) is 5.57.